The molecule has 0 aliphatic rings. The standard InChI is InChI=1S/C14H12ClN5O2S/c1-10-8-12(4-7-14(10)20-9-16-18-19-20)17-23(21,22)13-5-2-11(15)3-6-13/h2-9,17H,1H3. The second-order valence-electron chi connectivity index (χ2n) is 4.82. The summed E-state index contributed by atoms with van der Waals surface area (Å²) in [6.45, 7) is 1.84. The highest BCUT2D eigenvalue weighted by atomic mass is 35.5. The second kappa shape index (κ2) is 5.98. The quantitative estimate of drug-likeness (QED) is 0.781. The summed E-state index contributed by atoms with van der Waals surface area (Å²) in [6.07, 6.45) is 1.47. The number of rotatable bonds is 4. The van der Waals surface area contributed by atoms with Crippen LogP contribution in [0.5, 0.6) is 0 Å². The fraction of sp³-hybridized carbons (Fsp3) is 0.0714. The molecule has 1 N–H and O–H groups in total. The normalized spacial score (nSPS) is 11.4. The molecule has 0 saturated carbocycles. The molecule has 0 aliphatic carbocycles. The van der Waals surface area contributed by atoms with Crippen LogP contribution in [0, 0.1) is 6.92 Å². The van der Waals surface area contributed by atoms with E-state index in [4.69, 9.17) is 11.6 Å². The van der Waals surface area contributed by atoms with E-state index in [0.29, 0.717) is 10.7 Å². The Hall–Kier alpha value is -2.45. The molecular formula is C14H12ClN5O2S. The van der Waals surface area contributed by atoms with Crippen LogP contribution in [0.25, 0.3) is 5.69 Å². The van der Waals surface area contributed by atoms with Crippen molar-refractivity contribution in [3.8, 4) is 5.69 Å². The Morgan fingerprint density at radius 2 is 1.87 bits per heavy atom. The Labute approximate surface area is 138 Å². The number of halogens is 1. The first kappa shape index (κ1) is 15.4. The SMILES string of the molecule is Cc1cc(NS(=O)(=O)c2ccc(Cl)cc2)ccc1-n1cnnn1. The smallest absolute Gasteiger partial charge is 0.261 e. The maximum atomic E-state index is 12.3. The Morgan fingerprint density at radius 3 is 2.48 bits per heavy atom. The van der Waals surface area contributed by atoms with Crippen molar-refractivity contribution < 1.29 is 8.42 Å². The molecule has 0 bridgehead atoms. The summed E-state index contributed by atoms with van der Waals surface area (Å²) in [6, 6.07) is 11.1. The molecule has 9 heteroatoms. The minimum Gasteiger partial charge on any atom is -0.280 e. The van der Waals surface area contributed by atoms with Crippen molar-refractivity contribution in [1.29, 1.82) is 0 Å². The number of sulfonamides is 1. The highest BCUT2D eigenvalue weighted by Crippen LogP contribution is 2.21. The third-order valence-corrected chi connectivity index (χ3v) is 4.82. The van der Waals surface area contributed by atoms with Crippen LogP contribution < -0.4 is 4.72 Å². The van der Waals surface area contributed by atoms with Crippen molar-refractivity contribution in [2.24, 2.45) is 0 Å². The maximum absolute atomic E-state index is 12.3. The van der Waals surface area contributed by atoms with E-state index in [1.807, 2.05) is 6.92 Å². The number of nitrogens with one attached hydrogen (secondary N) is 1. The molecule has 0 saturated heterocycles. The average Bonchev–Trinajstić information content (AvgIpc) is 3.01. The second-order valence-corrected chi connectivity index (χ2v) is 6.93. The molecule has 118 valence electrons. The van der Waals surface area contributed by atoms with Crippen molar-refractivity contribution in [2.45, 2.75) is 11.8 Å². The van der Waals surface area contributed by atoms with Crippen LogP contribution in [0.2, 0.25) is 5.02 Å². The van der Waals surface area contributed by atoms with Gasteiger partial charge < -0.3 is 0 Å². The number of aromatic nitrogens is 4. The van der Waals surface area contributed by atoms with E-state index in [1.165, 1.54) is 35.3 Å². The van der Waals surface area contributed by atoms with Gasteiger partial charge in [-0.2, -0.15) is 0 Å². The Bertz CT molecular complexity index is 924. The molecule has 0 spiro atoms. The number of benzene rings is 2. The molecule has 0 radical (unpaired) electrons. The molecule has 1 heterocycles. The molecule has 3 aromatic rings. The molecule has 2 aromatic carbocycles. The predicted molar refractivity (Wildman–Crippen MR) is 86.2 cm³/mol. The van der Waals surface area contributed by atoms with E-state index in [-0.39, 0.29) is 4.90 Å². The van der Waals surface area contributed by atoms with E-state index in [9.17, 15) is 8.42 Å². The molecule has 7 nitrogen and oxygen atoms in total. The van der Waals surface area contributed by atoms with E-state index in [2.05, 4.69) is 20.2 Å². The van der Waals surface area contributed by atoms with Crippen LogP contribution >= 0.6 is 11.6 Å². The zero-order valence-electron chi connectivity index (χ0n) is 12.0. The first-order chi connectivity index (χ1) is 11.0. The van der Waals surface area contributed by atoms with Gasteiger partial charge in [0.1, 0.15) is 6.33 Å². The molecular weight excluding hydrogens is 338 g/mol. The van der Waals surface area contributed by atoms with Crippen LogP contribution in [0.15, 0.2) is 53.7 Å². The van der Waals surface area contributed by atoms with Crippen molar-refractivity contribution in [3.05, 3.63) is 59.4 Å². The van der Waals surface area contributed by atoms with Gasteiger partial charge in [-0.25, -0.2) is 13.1 Å². The average molecular weight is 350 g/mol. The lowest BCUT2D eigenvalue weighted by molar-refractivity contribution is 0.601. The Morgan fingerprint density at radius 1 is 1.13 bits per heavy atom. The molecule has 0 aliphatic heterocycles. The summed E-state index contributed by atoms with van der Waals surface area (Å²) in [5.74, 6) is 0. The minimum atomic E-state index is -3.67. The topological polar surface area (TPSA) is 89.8 Å². The lowest BCUT2D eigenvalue weighted by Crippen LogP contribution is -2.13. The third-order valence-electron chi connectivity index (χ3n) is 3.17. The lowest BCUT2D eigenvalue weighted by atomic mass is 10.2. The Kier molecular flexibility index (Phi) is 4.01. The number of nitrogens with zero attached hydrogens (tertiary/aromatic N) is 4. The lowest BCUT2D eigenvalue weighted by Gasteiger charge is -2.11. The van der Waals surface area contributed by atoms with Crippen molar-refractivity contribution in [2.75, 3.05) is 4.72 Å². The van der Waals surface area contributed by atoms with E-state index >= 15 is 0 Å². The molecule has 0 fully saturated rings. The molecule has 0 amide bonds. The van der Waals surface area contributed by atoms with Crippen LogP contribution in [0.4, 0.5) is 5.69 Å². The van der Waals surface area contributed by atoms with E-state index in [1.54, 1.807) is 18.2 Å². The van der Waals surface area contributed by atoms with Gasteiger partial charge in [0.25, 0.3) is 10.0 Å². The summed E-state index contributed by atoms with van der Waals surface area (Å²) in [7, 11) is -3.67. The number of tetrazole rings is 1. The molecule has 0 atom stereocenters. The minimum absolute atomic E-state index is 0.143. The van der Waals surface area contributed by atoms with Gasteiger partial charge in [0, 0.05) is 10.7 Å². The van der Waals surface area contributed by atoms with Gasteiger partial charge in [-0.3, -0.25) is 4.72 Å². The van der Waals surface area contributed by atoms with Crippen molar-refractivity contribution >= 4 is 27.3 Å². The summed E-state index contributed by atoms with van der Waals surface area (Å²) in [5, 5.41) is 11.4. The van der Waals surface area contributed by atoms with Gasteiger partial charge in [-0.15, -0.1) is 5.10 Å². The summed E-state index contributed by atoms with van der Waals surface area (Å²) in [4.78, 5) is 0.143. The van der Waals surface area contributed by atoms with Crippen LogP contribution in [0.1, 0.15) is 5.56 Å². The molecule has 0 unspecified atom stereocenters. The summed E-state index contributed by atoms with van der Waals surface area (Å²) >= 11 is 5.78. The highest BCUT2D eigenvalue weighted by Gasteiger charge is 2.14. The van der Waals surface area contributed by atoms with Crippen LogP contribution in [0.3, 0.4) is 0 Å². The van der Waals surface area contributed by atoms with Crippen molar-refractivity contribution in [3.63, 3.8) is 0 Å². The predicted octanol–water partition coefficient (Wildman–Crippen LogP) is 2.42. The highest BCUT2D eigenvalue weighted by molar-refractivity contribution is 7.92. The van der Waals surface area contributed by atoms with Crippen LogP contribution in [-0.2, 0) is 10.0 Å². The summed E-state index contributed by atoms with van der Waals surface area (Å²) < 4.78 is 28.7. The van der Waals surface area contributed by atoms with Gasteiger partial charge >= 0.3 is 0 Å². The molecule has 23 heavy (non-hydrogen) atoms. The number of anilines is 1. The largest absolute Gasteiger partial charge is 0.280 e. The fourth-order valence-corrected chi connectivity index (χ4v) is 3.25. The van der Waals surface area contributed by atoms with Gasteiger partial charge in [0.05, 0.1) is 10.6 Å². The van der Waals surface area contributed by atoms with E-state index < -0.39 is 10.0 Å². The maximum Gasteiger partial charge on any atom is 0.261 e. The monoisotopic (exact) mass is 349 g/mol. The Balaban J connectivity index is 1.88. The fourth-order valence-electron chi connectivity index (χ4n) is 2.08. The van der Waals surface area contributed by atoms with Crippen LogP contribution in [-0.4, -0.2) is 28.6 Å². The first-order valence-corrected chi connectivity index (χ1v) is 8.44. The van der Waals surface area contributed by atoms with Gasteiger partial charge in [-0.05, 0) is 65.4 Å². The number of hydrogen-bond acceptors (Lipinski definition) is 5. The molecule has 3 rings (SSSR count). The van der Waals surface area contributed by atoms with Gasteiger partial charge in [-0.1, -0.05) is 11.6 Å². The number of hydrogen-bond donors (Lipinski definition) is 1. The zero-order chi connectivity index (χ0) is 16.4. The molecule has 1 aromatic heterocycles. The van der Waals surface area contributed by atoms with Crippen molar-refractivity contribution in [1.82, 2.24) is 20.2 Å². The first-order valence-electron chi connectivity index (χ1n) is 6.58. The van der Waals surface area contributed by atoms with Gasteiger partial charge in [0.2, 0.25) is 0 Å². The zero-order valence-corrected chi connectivity index (χ0v) is 13.6. The van der Waals surface area contributed by atoms with Gasteiger partial charge in [0.15, 0.2) is 0 Å². The summed E-state index contributed by atoms with van der Waals surface area (Å²) in [5.41, 5.74) is 2.05. The number of aryl methyl sites for hydroxylation is 1. The van der Waals surface area contributed by atoms with E-state index in [0.717, 1.165) is 11.3 Å². The third kappa shape index (κ3) is 3.33.